The number of aromatic nitrogens is 3. The lowest BCUT2D eigenvalue weighted by Crippen LogP contribution is -2.37. The predicted octanol–water partition coefficient (Wildman–Crippen LogP) is 8.19. The fourth-order valence-electron chi connectivity index (χ4n) is 7.62. The van der Waals surface area contributed by atoms with Crippen molar-refractivity contribution in [1.29, 1.82) is 0 Å². The molecule has 3 unspecified atom stereocenters. The molecule has 3 atom stereocenters. The van der Waals surface area contributed by atoms with Gasteiger partial charge in [-0.2, -0.15) is 0 Å². The summed E-state index contributed by atoms with van der Waals surface area (Å²) in [5.41, 5.74) is 7.31. The molecular formula is C58H67N6O9P3. The number of hydrogen-bond acceptors (Lipinski definition) is 15. The van der Waals surface area contributed by atoms with E-state index in [4.69, 9.17) is 42.7 Å². The molecule has 15 nitrogen and oxygen atoms in total. The lowest BCUT2D eigenvalue weighted by molar-refractivity contribution is 0.261. The van der Waals surface area contributed by atoms with Crippen molar-refractivity contribution in [3.05, 3.63) is 160 Å². The molecule has 0 radical (unpaired) electrons. The number of pyridine rings is 3. The van der Waals surface area contributed by atoms with Crippen molar-refractivity contribution in [3.8, 4) is 52.8 Å². The van der Waals surface area contributed by atoms with Crippen LogP contribution in [0.4, 0.5) is 0 Å². The minimum Gasteiger partial charge on any atom is -0.497 e. The highest BCUT2D eigenvalue weighted by Gasteiger charge is 2.25. The van der Waals surface area contributed by atoms with Gasteiger partial charge in [0, 0.05) is 99.2 Å². The molecule has 18 heteroatoms. The van der Waals surface area contributed by atoms with E-state index in [1.165, 1.54) is 0 Å². The standard InChI is InChI=1S/C58H67N6O9P3/c1-10-71-74(7,65)56-38-47(16-13-44-19-25-53(68-4)26-20-44)35-50(61-56)41-59-31-33-64(43-52-37-49(40-58(63-52)76(9,67)73-12-3)18-15-46-23-29-55(70-6)30-24-46)34-32-60-42-51-36-48(39-57(62-51)75(8,66)72-11-2)17-14-45-21-27-54(69-5)28-22-45/h19-30,35-40,59-60H,10-12,31-34,41-43H2,1-9H3. The Morgan fingerprint density at radius 3 is 1.03 bits per heavy atom. The van der Waals surface area contributed by atoms with Gasteiger partial charge < -0.3 is 38.4 Å². The van der Waals surface area contributed by atoms with Crippen LogP contribution >= 0.6 is 22.1 Å². The average Bonchev–Trinajstić information content (AvgIpc) is 3.42. The third kappa shape index (κ3) is 18.2. The Morgan fingerprint density at radius 2 is 0.724 bits per heavy atom. The van der Waals surface area contributed by atoms with E-state index in [1.54, 1.807) is 80.3 Å². The molecule has 0 saturated carbocycles. The van der Waals surface area contributed by atoms with Crippen LogP contribution in [-0.2, 0) is 46.9 Å². The smallest absolute Gasteiger partial charge is 0.247 e. The largest absolute Gasteiger partial charge is 0.497 e. The fraction of sp³-hybridized carbons (Fsp3) is 0.328. The molecule has 0 spiro atoms. The summed E-state index contributed by atoms with van der Waals surface area (Å²) in [5.74, 6) is 21.5. The number of methoxy groups -OCH3 is 3. The van der Waals surface area contributed by atoms with Crippen LogP contribution in [0.1, 0.15) is 71.2 Å². The quantitative estimate of drug-likeness (QED) is 0.0337. The number of nitrogens with zero attached hydrogens (tertiary/aromatic N) is 4. The van der Waals surface area contributed by atoms with Crippen molar-refractivity contribution in [2.45, 2.75) is 40.4 Å². The molecule has 6 rings (SSSR count). The van der Waals surface area contributed by atoms with E-state index in [0.717, 1.165) is 33.9 Å². The van der Waals surface area contributed by atoms with Gasteiger partial charge in [0.25, 0.3) is 0 Å². The third-order valence-electron chi connectivity index (χ3n) is 11.5. The van der Waals surface area contributed by atoms with Gasteiger partial charge in [-0.3, -0.25) is 18.6 Å². The van der Waals surface area contributed by atoms with Gasteiger partial charge in [-0.05, 0) is 130 Å². The van der Waals surface area contributed by atoms with Crippen LogP contribution in [0, 0.1) is 35.5 Å². The molecule has 0 aliphatic carbocycles. The molecule has 2 N–H and O–H groups in total. The Labute approximate surface area is 448 Å². The van der Waals surface area contributed by atoms with Crippen molar-refractivity contribution in [2.24, 2.45) is 0 Å². The first-order chi connectivity index (χ1) is 36.5. The third-order valence-corrected chi connectivity index (χ3v) is 16.9. The van der Waals surface area contributed by atoms with E-state index in [-0.39, 0.29) is 19.8 Å². The lowest BCUT2D eigenvalue weighted by atomic mass is 10.1. The van der Waals surface area contributed by atoms with Gasteiger partial charge in [-0.1, -0.05) is 35.5 Å². The SMILES string of the molecule is CCOP(C)(=O)c1cc(C#Cc2ccc(OC)cc2)cc(CNCCN(CCNCc2cc(C#Cc3ccc(OC)cc3)cc(P(C)(=O)OCC)n2)Cc2cc(C#Cc3ccc(OC)cc3)cc(P(C)(=O)OCC)n2)n1. The number of nitrogens with one attached hydrogen (secondary N) is 2. The van der Waals surface area contributed by atoms with Gasteiger partial charge in [0.1, 0.15) is 33.6 Å². The highest BCUT2D eigenvalue weighted by atomic mass is 31.2. The molecule has 3 aromatic heterocycles. The van der Waals surface area contributed by atoms with Crippen molar-refractivity contribution in [2.75, 3.05) is 87.3 Å². The fourth-order valence-corrected chi connectivity index (χ4v) is 11.5. The molecule has 0 bridgehead atoms. The Morgan fingerprint density at radius 1 is 0.434 bits per heavy atom. The first-order valence-electron chi connectivity index (χ1n) is 24.9. The van der Waals surface area contributed by atoms with Crippen LogP contribution in [0.3, 0.4) is 0 Å². The van der Waals surface area contributed by atoms with E-state index in [9.17, 15) is 13.7 Å². The van der Waals surface area contributed by atoms with E-state index < -0.39 is 22.1 Å². The van der Waals surface area contributed by atoms with E-state index in [2.05, 4.69) is 51.1 Å². The second-order valence-electron chi connectivity index (χ2n) is 17.5. The number of benzene rings is 3. The maximum Gasteiger partial charge on any atom is 0.247 e. The highest BCUT2D eigenvalue weighted by molar-refractivity contribution is 7.66. The molecule has 0 fully saturated rings. The summed E-state index contributed by atoms with van der Waals surface area (Å²) in [4.78, 5) is 16.7. The predicted molar refractivity (Wildman–Crippen MR) is 303 cm³/mol. The summed E-state index contributed by atoms with van der Waals surface area (Å²) in [6, 6.07) is 33.3. The number of rotatable bonds is 24. The van der Waals surface area contributed by atoms with Crippen molar-refractivity contribution < 1.29 is 41.5 Å². The van der Waals surface area contributed by atoms with E-state index in [1.807, 2.05) is 91.0 Å². The zero-order chi connectivity index (χ0) is 54.6. The van der Waals surface area contributed by atoms with Crippen LogP contribution in [0.2, 0.25) is 0 Å². The monoisotopic (exact) mass is 1080 g/mol. The zero-order valence-corrected chi connectivity index (χ0v) is 47.5. The topological polar surface area (TPSA) is 173 Å². The summed E-state index contributed by atoms with van der Waals surface area (Å²) in [7, 11) is -4.96. The van der Waals surface area contributed by atoms with Crippen molar-refractivity contribution in [1.82, 2.24) is 30.5 Å². The first-order valence-corrected chi connectivity index (χ1v) is 31.1. The van der Waals surface area contributed by atoms with Crippen LogP contribution < -0.4 is 41.1 Å². The van der Waals surface area contributed by atoms with Gasteiger partial charge in [0.2, 0.25) is 22.1 Å². The van der Waals surface area contributed by atoms with Gasteiger partial charge in [0.05, 0.1) is 58.2 Å². The molecule has 0 amide bonds. The average molecular weight is 1090 g/mol. The maximum absolute atomic E-state index is 13.9. The molecule has 0 saturated heterocycles. The molecule has 0 aliphatic rings. The highest BCUT2D eigenvalue weighted by Crippen LogP contribution is 2.42. The molecular weight excluding hydrogens is 1020 g/mol. The van der Waals surface area contributed by atoms with E-state index >= 15 is 0 Å². The Kier molecular flexibility index (Phi) is 22.2. The minimum atomic E-state index is -3.31. The normalized spacial score (nSPS) is 13.3. The molecule has 0 aliphatic heterocycles. The lowest BCUT2D eigenvalue weighted by Gasteiger charge is -2.23. The Bertz CT molecular complexity index is 3100. The van der Waals surface area contributed by atoms with Crippen LogP contribution in [0.5, 0.6) is 17.2 Å². The summed E-state index contributed by atoms with van der Waals surface area (Å²) >= 11 is 0. The molecule has 398 valence electrons. The summed E-state index contributed by atoms with van der Waals surface area (Å²) in [6.07, 6.45) is 0. The molecule has 3 aromatic carbocycles. The zero-order valence-electron chi connectivity index (χ0n) is 44.8. The van der Waals surface area contributed by atoms with Crippen molar-refractivity contribution in [3.63, 3.8) is 0 Å². The second-order valence-corrected chi connectivity index (χ2v) is 24.7. The summed E-state index contributed by atoms with van der Waals surface area (Å²) < 4.78 is 74.4. The summed E-state index contributed by atoms with van der Waals surface area (Å²) in [5, 5.41) is 7.07. The van der Waals surface area contributed by atoms with Crippen LogP contribution in [0.25, 0.3) is 0 Å². The van der Waals surface area contributed by atoms with Gasteiger partial charge >= 0.3 is 0 Å². The number of hydrogen-bond donors (Lipinski definition) is 2. The van der Waals surface area contributed by atoms with Crippen LogP contribution in [-0.4, -0.2) is 107 Å². The Balaban J connectivity index is 1.26. The van der Waals surface area contributed by atoms with Gasteiger partial charge in [0.15, 0.2) is 0 Å². The first kappa shape index (κ1) is 58.9. The molecule has 3 heterocycles. The van der Waals surface area contributed by atoms with Crippen molar-refractivity contribution >= 4 is 38.4 Å². The van der Waals surface area contributed by atoms with Gasteiger partial charge in [-0.15, -0.1) is 0 Å². The van der Waals surface area contributed by atoms with Crippen LogP contribution in [0.15, 0.2) is 109 Å². The Hall–Kier alpha value is -6.36. The molecule has 76 heavy (non-hydrogen) atoms. The summed E-state index contributed by atoms with van der Waals surface area (Å²) in [6.45, 7) is 14.1. The minimum absolute atomic E-state index is 0.252. The molecule has 6 aromatic rings. The second kappa shape index (κ2) is 28.7. The van der Waals surface area contributed by atoms with E-state index in [0.29, 0.717) is 95.9 Å². The maximum atomic E-state index is 13.9. The van der Waals surface area contributed by atoms with Gasteiger partial charge in [-0.25, -0.2) is 15.0 Å². The number of ether oxygens (including phenoxy) is 3.